The fourth-order valence-corrected chi connectivity index (χ4v) is 1.17. The van der Waals surface area contributed by atoms with Crippen molar-refractivity contribution in [3.63, 3.8) is 0 Å². The van der Waals surface area contributed by atoms with Crippen LogP contribution in [0.25, 0.3) is 6.08 Å². The van der Waals surface area contributed by atoms with Crippen molar-refractivity contribution in [2.24, 2.45) is 0 Å². The lowest BCUT2D eigenvalue weighted by atomic mass is 10.1. The van der Waals surface area contributed by atoms with Crippen LogP contribution >= 0.6 is 0 Å². The summed E-state index contributed by atoms with van der Waals surface area (Å²) in [5.41, 5.74) is 2.95. The Hall–Kier alpha value is -1.57. The number of rotatable bonds is 3. The summed E-state index contributed by atoms with van der Waals surface area (Å²) in [7, 11) is 4.00. The van der Waals surface area contributed by atoms with Crippen LogP contribution in [0, 0.1) is 0 Å². The summed E-state index contributed by atoms with van der Waals surface area (Å²) < 4.78 is 0. The van der Waals surface area contributed by atoms with Crippen molar-refractivity contribution in [2.75, 3.05) is 19.0 Å². The molecule has 0 unspecified atom stereocenters. The lowest BCUT2D eigenvalue weighted by molar-refractivity contribution is -0.104. The molecule has 1 rings (SSSR count). The quantitative estimate of drug-likeness (QED) is 0.537. The first-order valence-corrected chi connectivity index (χ1v) is 4.54. The summed E-state index contributed by atoms with van der Waals surface area (Å²) in [5.74, 6) is 0. The minimum absolute atomic E-state index is 0.739. The van der Waals surface area contributed by atoms with Crippen LogP contribution < -0.4 is 4.90 Å². The molecular formula is C12H15NO. The van der Waals surface area contributed by atoms with E-state index in [1.807, 2.05) is 49.3 Å². The van der Waals surface area contributed by atoms with Crippen LogP contribution in [-0.2, 0) is 4.79 Å². The minimum atomic E-state index is 0.739. The number of anilines is 1. The standard InChI is InChI=1S/C12H15NO/c1-10(9-14)8-11-4-6-12(7-5-11)13(2)3/h4-9H,1-3H3/b10-8-. The molecule has 0 amide bonds. The molecular weight excluding hydrogens is 174 g/mol. The first kappa shape index (κ1) is 10.5. The van der Waals surface area contributed by atoms with Gasteiger partial charge >= 0.3 is 0 Å². The van der Waals surface area contributed by atoms with E-state index in [0.29, 0.717) is 0 Å². The van der Waals surface area contributed by atoms with Gasteiger partial charge in [-0.1, -0.05) is 12.1 Å². The third-order valence-electron chi connectivity index (χ3n) is 1.99. The molecule has 0 aliphatic heterocycles. The van der Waals surface area contributed by atoms with Crippen LogP contribution in [0.4, 0.5) is 5.69 Å². The van der Waals surface area contributed by atoms with E-state index in [9.17, 15) is 4.79 Å². The van der Waals surface area contributed by atoms with Crippen molar-refractivity contribution in [1.29, 1.82) is 0 Å². The fourth-order valence-electron chi connectivity index (χ4n) is 1.17. The first-order chi connectivity index (χ1) is 6.63. The normalized spacial score (nSPS) is 11.2. The van der Waals surface area contributed by atoms with Gasteiger partial charge in [-0.25, -0.2) is 0 Å². The number of carbonyl (C=O) groups excluding carboxylic acids is 1. The molecule has 0 atom stereocenters. The van der Waals surface area contributed by atoms with E-state index < -0.39 is 0 Å². The molecule has 0 N–H and O–H groups in total. The largest absolute Gasteiger partial charge is 0.378 e. The van der Waals surface area contributed by atoms with Crippen LogP contribution in [0.3, 0.4) is 0 Å². The number of benzene rings is 1. The molecule has 0 heterocycles. The van der Waals surface area contributed by atoms with Gasteiger partial charge in [-0.15, -0.1) is 0 Å². The van der Waals surface area contributed by atoms with Gasteiger partial charge < -0.3 is 4.90 Å². The number of nitrogens with zero attached hydrogens (tertiary/aromatic N) is 1. The Morgan fingerprint density at radius 1 is 1.21 bits per heavy atom. The Bertz CT molecular complexity index is 336. The Morgan fingerprint density at radius 3 is 2.21 bits per heavy atom. The third-order valence-corrected chi connectivity index (χ3v) is 1.99. The van der Waals surface area contributed by atoms with E-state index in [4.69, 9.17) is 0 Å². The van der Waals surface area contributed by atoms with Gasteiger partial charge in [-0.3, -0.25) is 4.79 Å². The molecule has 14 heavy (non-hydrogen) atoms. The van der Waals surface area contributed by atoms with Gasteiger partial charge in [0.2, 0.25) is 0 Å². The van der Waals surface area contributed by atoms with Crippen molar-refractivity contribution in [3.8, 4) is 0 Å². The fraction of sp³-hybridized carbons (Fsp3) is 0.250. The Morgan fingerprint density at radius 2 is 1.79 bits per heavy atom. The number of carbonyl (C=O) groups is 1. The highest BCUT2D eigenvalue weighted by molar-refractivity contribution is 5.80. The zero-order chi connectivity index (χ0) is 10.6. The van der Waals surface area contributed by atoms with Crippen molar-refractivity contribution in [2.45, 2.75) is 6.92 Å². The molecule has 0 aliphatic rings. The van der Waals surface area contributed by atoms with E-state index in [2.05, 4.69) is 0 Å². The van der Waals surface area contributed by atoms with Crippen molar-refractivity contribution >= 4 is 18.0 Å². The lowest BCUT2D eigenvalue weighted by Crippen LogP contribution is -2.07. The maximum Gasteiger partial charge on any atom is 0.145 e. The number of hydrogen-bond acceptors (Lipinski definition) is 2. The Kier molecular flexibility index (Phi) is 3.46. The average molecular weight is 189 g/mol. The molecule has 0 saturated carbocycles. The van der Waals surface area contributed by atoms with Gasteiger partial charge in [0.1, 0.15) is 6.29 Å². The Labute approximate surface area is 84.9 Å². The van der Waals surface area contributed by atoms with Gasteiger partial charge in [0, 0.05) is 19.8 Å². The SMILES string of the molecule is C/C(C=O)=C/c1ccc(N(C)C)cc1. The molecule has 0 aromatic heterocycles. The number of aldehydes is 1. The van der Waals surface area contributed by atoms with E-state index in [0.717, 1.165) is 23.1 Å². The van der Waals surface area contributed by atoms with Gasteiger partial charge in [-0.05, 0) is 36.3 Å². The molecule has 0 radical (unpaired) electrons. The van der Waals surface area contributed by atoms with Gasteiger partial charge in [0.15, 0.2) is 0 Å². The summed E-state index contributed by atoms with van der Waals surface area (Å²) in [4.78, 5) is 12.4. The molecule has 0 spiro atoms. The molecule has 0 aliphatic carbocycles. The zero-order valence-corrected chi connectivity index (χ0v) is 8.82. The van der Waals surface area contributed by atoms with E-state index in [1.54, 1.807) is 6.92 Å². The van der Waals surface area contributed by atoms with Crippen LogP contribution in [0.15, 0.2) is 29.8 Å². The van der Waals surface area contributed by atoms with E-state index in [1.165, 1.54) is 0 Å². The topological polar surface area (TPSA) is 20.3 Å². The smallest absolute Gasteiger partial charge is 0.145 e. The Balaban J connectivity index is 2.89. The second-order valence-electron chi connectivity index (χ2n) is 3.49. The maximum atomic E-state index is 10.4. The molecule has 2 heteroatoms. The van der Waals surface area contributed by atoms with Crippen molar-refractivity contribution < 1.29 is 4.79 Å². The lowest BCUT2D eigenvalue weighted by Gasteiger charge is -2.11. The summed E-state index contributed by atoms with van der Waals surface area (Å²) in [5, 5.41) is 0. The van der Waals surface area contributed by atoms with Gasteiger partial charge in [0.25, 0.3) is 0 Å². The minimum Gasteiger partial charge on any atom is -0.378 e. The molecule has 1 aromatic rings. The highest BCUT2D eigenvalue weighted by Gasteiger charge is 1.94. The molecule has 1 aromatic carbocycles. The van der Waals surface area contributed by atoms with E-state index >= 15 is 0 Å². The predicted molar refractivity (Wildman–Crippen MR) is 60.5 cm³/mol. The summed E-state index contributed by atoms with van der Waals surface area (Å²) in [6, 6.07) is 8.07. The molecule has 0 saturated heterocycles. The molecule has 74 valence electrons. The van der Waals surface area contributed by atoms with Crippen LogP contribution in [0.5, 0.6) is 0 Å². The molecule has 0 fully saturated rings. The van der Waals surface area contributed by atoms with Gasteiger partial charge in [0.05, 0.1) is 0 Å². The number of hydrogen-bond donors (Lipinski definition) is 0. The van der Waals surface area contributed by atoms with Crippen molar-refractivity contribution in [1.82, 2.24) is 0 Å². The van der Waals surface area contributed by atoms with Crippen LogP contribution in [0.2, 0.25) is 0 Å². The zero-order valence-electron chi connectivity index (χ0n) is 8.82. The average Bonchev–Trinajstić information content (AvgIpc) is 2.18. The van der Waals surface area contributed by atoms with Crippen LogP contribution in [0.1, 0.15) is 12.5 Å². The third kappa shape index (κ3) is 2.73. The van der Waals surface area contributed by atoms with E-state index in [-0.39, 0.29) is 0 Å². The molecule has 0 bridgehead atoms. The summed E-state index contributed by atoms with van der Waals surface area (Å²) >= 11 is 0. The second-order valence-corrected chi connectivity index (χ2v) is 3.49. The number of allylic oxidation sites excluding steroid dienone is 1. The summed E-state index contributed by atoms with van der Waals surface area (Å²) in [6.07, 6.45) is 2.73. The van der Waals surface area contributed by atoms with Gasteiger partial charge in [-0.2, -0.15) is 0 Å². The van der Waals surface area contributed by atoms with Crippen LogP contribution in [-0.4, -0.2) is 20.4 Å². The predicted octanol–water partition coefficient (Wildman–Crippen LogP) is 2.35. The highest BCUT2D eigenvalue weighted by atomic mass is 16.1. The maximum absolute atomic E-state index is 10.4. The summed E-state index contributed by atoms with van der Waals surface area (Å²) in [6.45, 7) is 1.80. The molecule has 2 nitrogen and oxygen atoms in total. The first-order valence-electron chi connectivity index (χ1n) is 4.54. The highest BCUT2D eigenvalue weighted by Crippen LogP contribution is 2.13. The second kappa shape index (κ2) is 4.61. The monoisotopic (exact) mass is 189 g/mol. The van der Waals surface area contributed by atoms with Crippen molar-refractivity contribution in [3.05, 3.63) is 35.4 Å².